The molecular weight excluding hydrogens is 419 g/mol. The fourth-order valence-electron chi connectivity index (χ4n) is 3.44. The summed E-state index contributed by atoms with van der Waals surface area (Å²) in [5.74, 6) is -1.89. The number of carboxylic acid groups (broad SMARTS) is 1. The molecule has 4 aromatic rings. The molecule has 0 aliphatic carbocycles. The molecule has 0 radical (unpaired) electrons. The molecule has 8 nitrogen and oxygen atoms in total. The van der Waals surface area contributed by atoms with E-state index < -0.39 is 22.6 Å². The Morgan fingerprint density at radius 1 is 0.969 bits per heavy atom. The van der Waals surface area contributed by atoms with Crippen molar-refractivity contribution >= 4 is 28.5 Å². The minimum Gasteiger partial charge on any atom is -0.478 e. The van der Waals surface area contributed by atoms with Crippen molar-refractivity contribution in [1.29, 1.82) is 0 Å². The molecule has 4 rings (SSSR count). The molecule has 3 aromatic carbocycles. The zero-order chi connectivity index (χ0) is 23.0. The Morgan fingerprint density at radius 3 is 2.28 bits per heavy atom. The van der Waals surface area contributed by atoms with Gasteiger partial charge in [0.15, 0.2) is 0 Å². The second-order valence-electron chi connectivity index (χ2n) is 6.95. The van der Waals surface area contributed by atoms with E-state index >= 15 is 0 Å². The molecular formula is C23H16FN2O6+. The molecule has 0 atom stereocenters. The van der Waals surface area contributed by atoms with Crippen LogP contribution in [0.15, 0.2) is 65.1 Å². The van der Waals surface area contributed by atoms with Gasteiger partial charge in [-0.2, -0.15) is 0 Å². The average molecular weight is 435 g/mol. The number of hydrogen-bond donors (Lipinski definition) is 3. The summed E-state index contributed by atoms with van der Waals surface area (Å²) in [4.78, 5) is 35.1. The summed E-state index contributed by atoms with van der Waals surface area (Å²) in [6.07, 6.45) is 0. The Morgan fingerprint density at radius 2 is 1.66 bits per heavy atom. The van der Waals surface area contributed by atoms with E-state index in [1.807, 2.05) is 0 Å². The van der Waals surface area contributed by atoms with E-state index in [-0.39, 0.29) is 22.6 Å². The van der Waals surface area contributed by atoms with Crippen molar-refractivity contribution in [2.24, 2.45) is 0 Å². The number of nitrogens with one attached hydrogen (secondary N) is 1. The number of fused-ring (bicyclic) bond motifs is 1. The molecule has 32 heavy (non-hydrogen) atoms. The van der Waals surface area contributed by atoms with E-state index in [2.05, 4.69) is 5.32 Å². The van der Waals surface area contributed by atoms with Crippen molar-refractivity contribution in [2.75, 3.05) is 7.05 Å². The molecule has 0 spiro atoms. The number of carboxylic acids is 1. The van der Waals surface area contributed by atoms with Crippen molar-refractivity contribution in [3.05, 3.63) is 82.5 Å². The van der Waals surface area contributed by atoms with Crippen molar-refractivity contribution in [1.82, 2.24) is 5.32 Å². The summed E-state index contributed by atoms with van der Waals surface area (Å²) >= 11 is 0. The van der Waals surface area contributed by atoms with Gasteiger partial charge in [0.25, 0.3) is 10.8 Å². The summed E-state index contributed by atoms with van der Waals surface area (Å²) in [6.45, 7) is 0. The topological polar surface area (TPSA) is 120 Å². The van der Waals surface area contributed by atoms with Crippen LogP contribution in [-0.4, -0.2) is 34.2 Å². The first-order valence-corrected chi connectivity index (χ1v) is 9.38. The number of rotatable bonds is 5. The van der Waals surface area contributed by atoms with Crippen LogP contribution in [0.1, 0.15) is 20.7 Å². The minimum atomic E-state index is -1.27. The highest BCUT2D eigenvalue weighted by Crippen LogP contribution is 2.37. The monoisotopic (exact) mass is 435 g/mol. The predicted octanol–water partition coefficient (Wildman–Crippen LogP) is 4.76. The Bertz CT molecular complexity index is 1360. The smallest absolute Gasteiger partial charge is 0.335 e. The van der Waals surface area contributed by atoms with Crippen LogP contribution in [0, 0.1) is 10.7 Å². The highest BCUT2D eigenvalue weighted by atomic mass is 19.1. The van der Waals surface area contributed by atoms with Crippen molar-refractivity contribution in [3.63, 3.8) is 0 Å². The second-order valence-corrected chi connectivity index (χ2v) is 6.95. The minimum absolute atomic E-state index is 0.196. The number of furan rings is 1. The van der Waals surface area contributed by atoms with E-state index in [4.69, 9.17) is 4.42 Å². The maximum absolute atomic E-state index is 13.4. The predicted molar refractivity (Wildman–Crippen MR) is 112 cm³/mol. The number of hydrogen-bond acceptors (Lipinski definition) is 4. The van der Waals surface area contributed by atoms with Gasteiger partial charge in [-0.25, -0.2) is 14.4 Å². The molecule has 160 valence electrons. The maximum atomic E-state index is 13.4. The Hall–Kier alpha value is -4.53. The Kier molecular flexibility index (Phi) is 5.15. The average Bonchev–Trinajstić information content (AvgIpc) is 3.17. The highest BCUT2D eigenvalue weighted by Gasteiger charge is 2.23. The lowest BCUT2D eigenvalue weighted by molar-refractivity contribution is -0.729. The fraction of sp³-hybridized carbons (Fsp3) is 0.0435. The van der Waals surface area contributed by atoms with Gasteiger partial charge in [0, 0.05) is 30.1 Å². The van der Waals surface area contributed by atoms with Crippen LogP contribution in [0.2, 0.25) is 0 Å². The van der Waals surface area contributed by atoms with Gasteiger partial charge >= 0.3 is 11.7 Å². The SMILES string of the molecule is CNC(=O)c1c(-c2ccc(F)cc2)oc2ccc(-c3cc(C(=O)O)cc([N+](=O)O)c3)cc12. The van der Waals surface area contributed by atoms with E-state index in [1.54, 1.807) is 18.2 Å². The summed E-state index contributed by atoms with van der Waals surface area (Å²) in [5.41, 5.74) is 1.47. The zero-order valence-corrected chi connectivity index (χ0v) is 16.6. The summed E-state index contributed by atoms with van der Waals surface area (Å²) < 4.78 is 19.2. The third-order valence-corrected chi connectivity index (χ3v) is 4.97. The van der Waals surface area contributed by atoms with Gasteiger partial charge in [-0.15, -0.1) is 0 Å². The molecule has 0 aliphatic heterocycles. The molecule has 9 heteroatoms. The van der Waals surface area contributed by atoms with Gasteiger partial charge in [0.2, 0.25) is 0 Å². The van der Waals surface area contributed by atoms with E-state index in [0.717, 1.165) is 6.07 Å². The lowest BCUT2D eigenvalue weighted by Gasteiger charge is -2.05. The third kappa shape index (κ3) is 3.67. The molecule has 3 N–H and O–H groups in total. The first-order valence-electron chi connectivity index (χ1n) is 9.38. The number of nitrogens with zero attached hydrogens (tertiary/aromatic N) is 1. The number of carbonyl (C=O) groups is 2. The first-order chi connectivity index (χ1) is 15.3. The molecule has 0 aliphatic rings. The molecule has 0 saturated carbocycles. The second kappa shape index (κ2) is 7.95. The maximum Gasteiger partial charge on any atom is 0.335 e. The van der Waals surface area contributed by atoms with Crippen molar-refractivity contribution < 1.29 is 33.6 Å². The molecule has 1 amide bonds. The molecule has 0 bridgehead atoms. The summed E-state index contributed by atoms with van der Waals surface area (Å²) in [6, 6.07) is 14.0. The van der Waals surface area contributed by atoms with Gasteiger partial charge in [-0.3, -0.25) is 4.79 Å². The van der Waals surface area contributed by atoms with Crippen LogP contribution in [-0.2, 0) is 0 Å². The summed E-state index contributed by atoms with van der Waals surface area (Å²) in [5, 5.41) is 21.6. The van der Waals surface area contributed by atoms with Crippen LogP contribution in [0.3, 0.4) is 0 Å². The number of halogens is 1. The quantitative estimate of drug-likeness (QED) is 0.389. The van der Waals surface area contributed by atoms with Gasteiger partial charge in [-0.05, 0) is 53.6 Å². The van der Waals surface area contributed by atoms with Crippen molar-refractivity contribution in [3.8, 4) is 22.5 Å². The van der Waals surface area contributed by atoms with Gasteiger partial charge in [0.05, 0.1) is 16.0 Å². The largest absolute Gasteiger partial charge is 0.478 e. The van der Waals surface area contributed by atoms with E-state index in [1.165, 1.54) is 43.4 Å². The number of carbonyl (C=O) groups excluding carboxylic acids is 1. The first kappa shape index (κ1) is 20.7. The standard InChI is InChI=1S/C23H15FN2O6/c1-25-22(27)20-18-11-13(14-8-15(23(28)29)10-17(9-14)26(30)31)4-7-19(18)32-21(20)12-2-5-16(24)6-3-12/h2-11H,1H3,(H2-,25,27,28,29,30,31)/p+1. The van der Waals surface area contributed by atoms with E-state index in [9.17, 15) is 29.2 Å². The van der Waals surface area contributed by atoms with Crippen LogP contribution >= 0.6 is 0 Å². The number of benzene rings is 3. The van der Waals surface area contributed by atoms with Gasteiger partial charge < -0.3 is 14.8 Å². The van der Waals surface area contributed by atoms with Gasteiger partial charge in [-0.1, -0.05) is 6.07 Å². The van der Waals surface area contributed by atoms with Crippen LogP contribution < -0.4 is 5.32 Å². The third-order valence-electron chi connectivity index (χ3n) is 4.97. The fourth-order valence-corrected chi connectivity index (χ4v) is 3.44. The molecule has 0 fully saturated rings. The van der Waals surface area contributed by atoms with Crippen molar-refractivity contribution in [2.45, 2.75) is 0 Å². The van der Waals surface area contributed by atoms with E-state index in [0.29, 0.717) is 27.7 Å². The Labute approximate surface area is 180 Å². The normalized spacial score (nSPS) is 10.8. The van der Waals surface area contributed by atoms with Gasteiger partial charge in [0.1, 0.15) is 17.2 Å². The zero-order valence-electron chi connectivity index (χ0n) is 16.6. The summed E-state index contributed by atoms with van der Waals surface area (Å²) in [7, 11) is 1.46. The molecule has 0 unspecified atom stereocenters. The Balaban J connectivity index is 1.95. The lowest BCUT2D eigenvalue weighted by Crippen LogP contribution is -2.18. The van der Waals surface area contributed by atoms with Crippen LogP contribution in [0.25, 0.3) is 33.4 Å². The van der Waals surface area contributed by atoms with Crippen LogP contribution in [0.5, 0.6) is 0 Å². The van der Waals surface area contributed by atoms with Crippen LogP contribution in [0.4, 0.5) is 10.1 Å². The molecule has 1 heterocycles. The molecule has 0 saturated heterocycles. The molecule has 1 aromatic heterocycles. The number of aromatic carboxylic acids is 1. The highest BCUT2D eigenvalue weighted by molar-refractivity contribution is 6.11. The number of amides is 1. The lowest BCUT2D eigenvalue weighted by atomic mass is 9.98.